The molecule has 1 heterocycles. The van der Waals surface area contributed by atoms with Crippen LogP contribution in [-0.4, -0.2) is 29.2 Å². The topological polar surface area (TPSA) is 46.6 Å². The molecule has 0 bridgehead atoms. The highest BCUT2D eigenvalue weighted by atomic mass is 16.5. The maximum absolute atomic E-state index is 12.2. The molecule has 2 atom stereocenters. The quantitative estimate of drug-likeness (QED) is 0.606. The molecular weight excluding hydrogens is 278 g/mol. The summed E-state index contributed by atoms with van der Waals surface area (Å²) in [7, 11) is 0. The molecular formula is C18H17NO3. The number of likely N-dealkylation sites (tertiary alicyclic amines) is 1. The summed E-state index contributed by atoms with van der Waals surface area (Å²) in [6.07, 6.45) is 0.126. The van der Waals surface area contributed by atoms with Gasteiger partial charge in [0.1, 0.15) is 12.3 Å². The van der Waals surface area contributed by atoms with E-state index in [-0.39, 0.29) is 5.91 Å². The van der Waals surface area contributed by atoms with Crippen LogP contribution >= 0.6 is 0 Å². The second-order valence-electron chi connectivity index (χ2n) is 5.30. The summed E-state index contributed by atoms with van der Waals surface area (Å²) in [5.41, 5.74) is 1.99. The van der Waals surface area contributed by atoms with Crippen molar-refractivity contribution < 1.29 is 14.3 Å². The fourth-order valence-corrected chi connectivity index (χ4v) is 2.58. The van der Waals surface area contributed by atoms with Gasteiger partial charge in [0, 0.05) is 6.54 Å². The zero-order valence-corrected chi connectivity index (χ0v) is 12.1. The Kier molecular flexibility index (Phi) is 4.30. The highest BCUT2D eigenvalue weighted by Gasteiger charge is 2.48. The lowest BCUT2D eigenvalue weighted by Crippen LogP contribution is -2.65. The van der Waals surface area contributed by atoms with E-state index in [4.69, 9.17) is 4.74 Å². The Morgan fingerprint density at radius 3 is 2.14 bits per heavy atom. The van der Waals surface area contributed by atoms with Crippen LogP contribution in [0.5, 0.6) is 0 Å². The maximum Gasteiger partial charge on any atom is 0.255 e. The number of aldehydes is 1. The molecule has 0 spiro atoms. The smallest absolute Gasteiger partial charge is 0.255 e. The number of hydrogen-bond acceptors (Lipinski definition) is 3. The minimum atomic E-state index is -0.665. The van der Waals surface area contributed by atoms with Gasteiger partial charge in [0.15, 0.2) is 6.10 Å². The molecule has 1 amide bonds. The van der Waals surface area contributed by atoms with Crippen molar-refractivity contribution in [1.82, 2.24) is 4.90 Å². The summed E-state index contributed by atoms with van der Waals surface area (Å²) in [5, 5.41) is 0. The first kappa shape index (κ1) is 14.5. The van der Waals surface area contributed by atoms with Gasteiger partial charge in [-0.1, -0.05) is 60.7 Å². The molecule has 1 aliphatic heterocycles. The molecule has 0 radical (unpaired) electrons. The van der Waals surface area contributed by atoms with Crippen molar-refractivity contribution in [2.24, 2.45) is 0 Å². The molecule has 1 fully saturated rings. The predicted octanol–water partition coefficient (Wildman–Crippen LogP) is 2.18. The lowest BCUT2D eigenvalue weighted by molar-refractivity contribution is -0.177. The predicted molar refractivity (Wildman–Crippen MR) is 81.9 cm³/mol. The third kappa shape index (κ3) is 2.92. The summed E-state index contributed by atoms with van der Waals surface area (Å²) in [6, 6.07) is 18.7. The lowest BCUT2D eigenvalue weighted by Gasteiger charge is -2.43. The number of amides is 1. The molecule has 112 valence electrons. The third-order valence-corrected chi connectivity index (χ3v) is 3.80. The van der Waals surface area contributed by atoms with Gasteiger partial charge < -0.3 is 14.4 Å². The maximum atomic E-state index is 12.2. The fourth-order valence-electron chi connectivity index (χ4n) is 2.58. The Hall–Kier alpha value is -2.46. The molecule has 1 saturated heterocycles. The number of ether oxygens (including phenoxy) is 1. The van der Waals surface area contributed by atoms with E-state index in [1.165, 1.54) is 0 Å². The zero-order valence-electron chi connectivity index (χ0n) is 12.1. The number of carbonyl (C=O) groups is 2. The molecule has 0 saturated carbocycles. The van der Waals surface area contributed by atoms with E-state index in [9.17, 15) is 9.59 Å². The summed E-state index contributed by atoms with van der Waals surface area (Å²) < 4.78 is 5.63. The lowest BCUT2D eigenvalue weighted by atomic mass is 9.98. The minimum absolute atomic E-state index is 0.128. The fraction of sp³-hybridized carbons (Fsp3) is 0.222. The molecule has 3 rings (SSSR count). The Bertz CT molecular complexity index is 642. The van der Waals surface area contributed by atoms with Gasteiger partial charge in [-0.3, -0.25) is 4.79 Å². The van der Waals surface area contributed by atoms with Gasteiger partial charge in [0.05, 0.1) is 6.61 Å². The van der Waals surface area contributed by atoms with E-state index in [1.54, 1.807) is 4.90 Å². The average Bonchev–Trinajstić information content (AvgIpc) is 2.58. The average molecular weight is 295 g/mol. The third-order valence-electron chi connectivity index (χ3n) is 3.80. The summed E-state index contributed by atoms with van der Waals surface area (Å²) in [5.74, 6) is -0.128. The van der Waals surface area contributed by atoms with Gasteiger partial charge in [-0.15, -0.1) is 0 Å². The Labute approximate surface area is 129 Å². The first-order valence-corrected chi connectivity index (χ1v) is 7.25. The van der Waals surface area contributed by atoms with Crippen LogP contribution in [0, 0.1) is 0 Å². The van der Waals surface area contributed by atoms with Gasteiger partial charge >= 0.3 is 0 Å². The molecule has 0 N–H and O–H groups in total. The zero-order chi connectivity index (χ0) is 15.4. The summed E-state index contributed by atoms with van der Waals surface area (Å²) in [6.45, 7) is 0.773. The molecule has 1 aliphatic rings. The van der Waals surface area contributed by atoms with Crippen molar-refractivity contribution in [3.05, 3.63) is 71.8 Å². The van der Waals surface area contributed by atoms with Gasteiger partial charge in [-0.25, -0.2) is 0 Å². The van der Waals surface area contributed by atoms with Gasteiger partial charge in [0.2, 0.25) is 0 Å². The molecule has 0 aliphatic carbocycles. The van der Waals surface area contributed by atoms with Crippen LogP contribution in [0.1, 0.15) is 11.1 Å². The summed E-state index contributed by atoms with van der Waals surface area (Å²) >= 11 is 0. The van der Waals surface area contributed by atoms with Gasteiger partial charge in [-0.2, -0.15) is 0 Å². The van der Waals surface area contributed by atoms with Crippen molar-refractivity contribution in [3.8, 4) is 0 Å². The van der Waals surface area contributed by atoms with Crippen molar-refractivity contribution in [3.63, 3.8) is 0 Å². The Morgan fingerprint density at radius 1 is 0.955 bits per heavy atom. The summed E-state index contributed by atoms with van der Waals surface area (Å²) in [4.78, 5) is 25.0. The molecule has 22 heavy (non-hydrogen) atoms. The van der Waals surface area contributed by atoms with E-state index in [2.05, 4.69) is 0 Å². The number of hydrogen-bond donors (Lipinski definition) is 0. The molecule has 4 nitrogen and oxygen atoms in total. The van der Waals surface area contributed by atoms with Crippen LogP contribution < -0.4 is 0 Å². The molecule has 4 heteroatoms. The van der Waals surface area contributed by atoms with Crippen LogP contribution in [0.25, 0.3) is 0 Å². The van der Waals surface area contributed by atoms with E-state index >= 15 is 0 Å². The monoisotopic (exact) mass is 295 g/mol. The molecule has 0 aromatic heterocycles. The van der Waals surface area contributed by atoms with Crippen LogP contribution in [-0.2, 0) is 27.5 Å². The van der Waals surface area contributed by atoms with Crippen LogP contribution in [0.3, 0.4) is 0 Å². The van der Waals surface area contributed by atoms with Crippen molar-refractivity contribution in [1.29, 1.82) is 0 Å². The highest BCUT2D eigenvalue weighted by molar-refractivity contribution is 5.95. The Balaban J connectivity index is 1.60. The van der Waals surface area contributed by atoms with Crippen LogP contribution in [0.2, 0.25) is 0 Å². The number of benzene rings is 2. The standard InChI is InChI=1S/C18H17NO3/c20-12-16-17(22-13-15-9-5-2-6-10-15)18(21)19(16)11-14-7-3-1-4-8-14/h1-10,12,16-17H,11,13H2/t16-,17+/m1/s1. The highest BCUT2D eigenvalue weighted by Crippen LogP contribution is 2.25. The number of nitrogens with zero attached hydrogens (tertiary/aromatic N) is 1. The van der Waals surface area contributed by atoms with Gasteiger partial charge in [0.25, 0.3) is 5.91 Å². The molecule has 2 aromatic carbocycles. The number of β-lactam (4-membered cyclic amide) rings is 1. The normalized spacial score (nSPS) is 20.5. The Morgan fingerprint density at radius 2 is 1.55 bits per heavy atom. The van der Waals surface area contributed by atoms with E-state index < -0.39 is 12.1 Å². The molecule has 2 aromatic rings. The molecule has 0 unspecified atom stereocenters. The van der Waals surface area contributed by atoms with Crippen molar-refractivity contribution in [2.75, 3.05) is 0 Å². The largest absolute Gasteiger partial charge is 0.361 e. The van der Waals surface area contributed by atoms with Crippen molar-refractivity contribution >= 4 is 12.2 Å². The first-order valence-electron chi connectivity index (χ1n) is 7.25. The second-order valence-corrected chi connectivity index (χ2v) is 5.30. The van der Waals surface area contributed by atoms with E-state index in [0.29, 0.717) is 13.2 Å². The number of carbonyl (C=O) groups excluding carboxylic acids is 2. The minimum Gasteiger partial charge on any atom is -0.361 e. The first-order chi connectivity index (χ1) is 10.8. The van der Waals surface area contributed by atoms with Crippen molar-refractivity contribution in [2.45, 2.75) is 25.3 Å². The SMILES string of the molecule is O=C[C@@H]1[C@H](OCc2ccccc2)C(=O)N1Cc1ccccc1. The van der Waals surface area contributed by atoms with E-state index in [0.717, 1.165) is 17.4 Å². The van der Waals surface area contributed by atoms with Crippen LogP contribution in [0.4, 0.5) is 0 Å². The van der Waals surface area contributed by atoms with Crippen LogP contribution in [0.15, 0.2) is 60.7 Å². The second kappa shape index (κ2) is 6.54. The number of rotatable bonds is 6. The van der Waals surface area contributed by atoms with E-state index in [1.807, 2.05) is 60.7 Å². The van der Waals surface area contributed by atoms with Gasteiger partial charge in [-0.05, 0) is 11.1 Å².